The molecule has 2 aromatic rings. The van der Waals surface area contributed by atoms with Crippen LogP contribution in [0.2, 0.25) is 0 Å². The Morgan fingerprint density at radius 1 is 1.36 bits per heavy atom. The van der Waals surface area contributed by atoms with E-state index in [-0.39, 0.29) is 0 Å². The van der Waals surface area contributed by atoms with Gasteiger partial charge in [0.15, 0.2) is 0 Å². The minimum absolute atomic E-state index is 0.468. The Labute approximate surface area is 96.6 Å². The van der Waals surface area contributed by atoms with Gasteiger partial charge in [-0.2, -0.15) is 0 Å². The van der Waals surface area contributed by atoms with E-state index in [2.05, 4.69) is 48.6 Å². The Morgan fingerprint density at radius 3 is 2.64 bits per heavy atom. The van der Waals surface area contributed by atoms with Crippen molar-refractivity contribution in [2.75, 3.05) is 0 Å². The molecule has 1 aromatic heterocycles. The molecule has 2 rings (SSSR count). The van der Waals surface area contributed by atoms with Crippen LogP contribution in [0.3, 0.4) is 0 Å². The van der Waals surface area contributed by atoms with Gasteiger partial charge in [-0.05, 0) is 53.6 Å². The fourth-order valence-electron chi connectivity index (χ4n) is 1.76. The highest BCUT2D eigenvalue weighted by Gasteiger charge is 2.13. The number of fused-ring (bicyclic) bond motifs is 1. The molecule has 1 aromatic carbocycles. The van der Waals surface area contributed by atoms with Crippen LogP contribution in [0.25, 0.3) is 11.0 Å². The molecule has 0 amide bonds. The average molecular weight is 301 g/mol. The first kappa shape index (κ1) is 9.98. The minimum atomic E-state index is 0.468. The number of hydrogen-bond donors (Lipinski definition) is 1. The number of furan rings is 1. The lowest BCUT2D eigenvalue weighted by Gasteiger charge is -1.97. The summed E-state index contributed by atoms with van der Waals surface area (Å²) in [4.78, 5) is 0. The van der Waals surface area contributed by atoms with Crippen LogP contribution in [0, 0.1) is 17.4 Å². The number of rotatable bonds is 1. The van der Waals surface area contributed by atoms with Crippen LogP contribution in [0.5, 0.6) is 0 Å². The molecule has 0 saturated heterocycles. The first-order valence-corrected chi connectivity index (χ1v) is 5.60. The second-order valence-electron chi connectivity index (χ2n) is 3.42. The molecule has 0 saturated carbocycles. The van der Waals surface area contributed by atoms with Gasteiger partial charge in [0, 0.05) is 5.39 Å². The fraction of sp³-hybridized carbons (Fsp3) is 0.273. The standard InChI is InChI=1S/C11H12INO/c1-6-3-4-8(12)11-10(6)7(2)9(5-13)14-11/h3-4H,5,13H2,1-2H3. The van der Waals surface area contributed by atoms with E-state index >= 15 is 0 Å². The molecular weight excluding hydrogens is 289 g/mol. The number of hydrogen-bond acceptors (Lipinski definition) is 2. The minimum Gasteiger partial charge on any atom is -0.458 e. The van der Waals surface area contributed by atoms with Gasteiger partial charge < -0.3 is 10.2 Å². The maximum atomic E-state index is 5.73. The molecule has 0 aliphatic rings. The van der Waals surface area contributed by atoms with Crippen molar-refractivity contribution in [1.29, 1.82) is 0 Å². The van der Waals surface area contributed by atoms with E-state index in [0.717, 1.165) is 14.9 Å². The van der Waals surface area contributed by atoms with Gasteiger partial charge in [-0.15, -0.1) is 0 Å². The van der Waals surface area contributed by atoms with E-state index in [9.17, 15) is 0 Å². The summed E-state index contributed by atoms with van der Waals surface area (Å²) in [5.74, 6) is 0.896. The molecule has 14 heavy (non-hydrogen) atoms. The Kier molecular flexibility index (Phi) is 2.53. The summed E-state index contributed by atoms with van der Waals surface area (Å²) in [7, 11) is 0. The van der Waals surface area contributed by atoms with Crippen LogP contribution in [0.15, 0.2) is 16.5 Å². The SMILES string of the molecule is Cc1ccc(I)c2oc(CN)c(C)c12. The molecule has 1 heterocycles. The quantitative estimate of drug-likeness (QED) is 0.822. The van der Waals surface area contributed by atoms with Crippen molar-refractivity contribution in [3.63, 3.8) is 0 Å². The van der Waals surface area contributed by atoms with Gasteiger partial charge in [-0.25, -0.2) is 0 Å². The third-order valence-corrected chi connectivity index (χ3v) is 3.37. The lowest BCUT2D eigenvalue weighted by molar-refractivity contribution is 0.547. The van der Waals surface area contributed by atoms with E-state index in [1.165, 1.54) is 16.5 Å². The lowest BCUT2D eigenvalue weighted by atomic mass is 10.1. The maximum absolute atomic E-state index is 5.73. The van der Waals surface area contributed by atoms with Crippen LogP contribution < -0.4 is 5.73 Å². The summed E-state index contributed by atoms with van der Waals surface area (Å²) in [6.07, 6.45) is 0. The topological polar surface area (TPSA) is 39.2 Å². The molecule has 2 N–H and O–H groups in total. The third kappa shape index (κ3) is 1.35. The summed E-state index contributed by atoms with van der Waals surface area (Å²) in [6.45, 7) is 4.63. The zero-order valence-corrected chi connectivity index (χ0v) is 10.4. The van der Waals surface area contributed by atoms with Gasteiger partial charge in [0.25, 0.3) is 0 Å². The van der Waals surface area contributed by atoms with Crippen LogP contribution in [-0.4, -0.2) is 0 Å². The molecule has 0 bridgehead atoms. The van der Waals surface area contributed by atoms with Crippen molar-refractivity contribution < 1.29 is 4.42 Å². The fourth-order valence-corrected chi connectivity index (χ4v) is 2.32. The van der Waals surface area contributed by atoms with Crippen molar-refractivity contribution >= 4 is 33.6 Å². The summed E-state index contributed by atoms with van der Waals surface area (Å²) in [5.41, 5.74) is 9.02. The molecule has 0 aliphatic carbocycles. The van der Waals surface area contributed by atoms with E-state index in [0.29, 0.717) is 6.54 Å². The smallest absolute Gasteiger partial charge is 0.148 e. The Hall–Kier alpha value is -0.550. The van der Waals surface area contributed by atoms with Gasteiger partial charge in [-0.3, -0.25) is 0 Å². The normalized spacial score (nSPS) is 11.1. The lowest BCUT2D eigenvalue weighted by Crippen LogP contribution is -1.95. The number of halogens is 1. The van der Waals surface area contributed by atoms with Crippen LogP contribution in [0.1, 0.15) is 16.9 Å². The number of nitrogens with two attached hydrogens (primary N) is 1. The van der Waals surface area contributed by atoms with Crippen molar-refractivity contribution in [1.82, 2.24) is 0 Å². The highest BCUT2D eigenvalue weighted by molar-refractivity contribution is 14.1. The molecule has 2 nitrogen and oxygen atoms in total. The van der Waals surface area contributed by atoms with Gasteiger partial charge in [0.2, 0.25) is 0 Å². The molecule has 74 valence electrons. The second kappa shape index (κ2) is 3.55. The molecular formula is C11H12INO. The molecule has 0 unspecified atom stereocenters. The largest absolute Gasteiger partial charge is 0.458 e. The van der Waals surface area contributed by atoms with Gasteiger partial charge in [0.05, 0.1) is 10.1 Å². The van der Waals surface area contributed by atoms with Crippen LogP contribution >= 0.6 is 22.6 Å². The van der Waals surface area contributed by atoms with E-state index in [1.54, 1.807) is 0 Å². The summed E-state index contributed by atoms with van der Waals surface area (Å²) >= 11 is 2.29. The predicted molar refractivity (Wildman–Crippen MR) is 66.3 cm³/mol. The Bertz CT molecular complexity index is 487. The molecule has 0 atom stereocenters. The van der Waals surface area contributed by atoms with Crippen LogP contribution in [0.4, 0.5) is 0 Å². The summed E-state index contributed by atoms with van der Waals surface area (Å²) < 4.78 is 6.87. The van der Waals surface area contributed by atoms with E-state index in [1.807, 2.05) is 0 Å². The van der Waals surface area contributed by atoms with E-state index < -0.39 is 0 Å². The van der Waals surface area contributed by atoms with Crippen LogP contribution in [-0.2, 0) is 6.54 Å². The molecule has 3 heteroatoms. The molecule has 0 aliphatic heterocycles. The zero-order chi connectivity index (χ0) is 10.3. The zero-order valence-electron chi connectivity index (χ0n) is 8.23. The predicted octanol–water partition coefficient (Wildman–Crippen LogP) is 3.11. The number of benzene rings is 1. The van der Waals surface area contributed by atoms with E-state index in [4.69, 9.17) is 10.2 Å². The average Bonchev–Trinajstić information content (AvgIpc) is 2.51. The van der Waals surface area contributed by atoms with Crippen molar-refractivity contribution in [2.45, 2.75) is 20.4 Å². The first-order valence-electron chi connectivity index (χ1n) is 4.52. The van der Waals surface area contributed by atoms with Gasteiger partial charge >= 0.3 is 0 Å². The number of aryl methyl sites for hydroxylation is 2. The third-order valence-electron chi connectivity index (χ3n) is 2.52. The molecule has 0 radical (unpaired) electrons. The van der Waals surface area contributed by atoms with Crippen molar-refractivity contribution in [2.24, 2.45) is 5.73 Å². The van der Waals surface area contributed by atoms with Crippen molar-refractivity contribution in [3.05, 3.63) is 32.6 Å². The highest BCUT2D eigenvalue weighted by Crippen LogP contribution is 2.31. The molecule has 0 fully saturated rings. The first-order chi connectivity index (χ1) is 6.65. The second-order valence-corrected chi connectivity index (χ2v) is 4.58. The van der Waals surface area contributed by atoms with Gasteiger partial charge in [-0.1, -0.05) is 6.07 Å². The summed E-state index contributed by atoms with van der Waals surface area (Å²) in [6, 6.07) is 4.19. The maximum Gasteiger partial charge on any atom is 0.148 e. The Morgan fingerprint density at radius 2 is 2.07 bits per heavy atom. The monoisotopic (exact) mass is 301 g/mol. The highest BCUT2D eigenvalue weighted by atomic mass is 127. The van der Waals surface area contributed by atoms with Crippen molar-refractivity contribution in [3.8, 4) is 0 Å². The Balaban J connectivity index is 2.90. The molecule has 0 spiro atoms. The summed E-state index contributed by atoms with van der Waals surface area (Å²) in [5, 5.41) is 1.22. The van der Waals surface area contributed by atoms with Gasteiger partial charge in [0.1, 0.15) is 11.3 Å².